The van der Waals surface area contributed by atoms with Crippen molar-refractivity contribution in [1.29, 1.82) is 0 Å². The molecule has 0 spiro atoms. The lowest BCUT2D eigenvalue weighted by Gasteiger charge is -2.16. The zero-order chi connectivity index (χ0) is 12.3. The highest BCUT2D eigenvalue weighted by Crippen LogP contribution is 2.21. The minimum Gasteiger partial charge on any atom is -0.378 e. The molecule has 2 heteroatoms. The van der Waals surface area contributed by atoms with Crippen LogP contribution in [0.15, 0.2) is 48.5 Å². The van der Waals surface area contributed by atoms with Gasteiger partial charge in [0.05, 0.1) is 0 Å². The van der Waals surface area contributed by atoms with Gasteiger partial charge in [-0.05, 0) is 60.2 Å². The molecule has 0 aliphatic carbocycles. The molecule has 0 fully saturated rings. The van der Waals surface area contributed by atoms with Gasteiger partial charge in [-0.25, -0.2) is 0 Å². The van der Waals surface area contributed by atoms with Crippen molar-refractivity contribution in [2.45, 2.75) is 19.9 Å². The van der Waals surface area contributed by atoms with E-state index >= 15 is 0 Å². The molecule has 0 heterocycles. The third-order valence-electron chi connectivity index (χ3n) is 2.75. The van der Waals surface area contributed by atoms with Crippen LogP contribution in [0.3, 0.4) is 0 Å². The van der Waals surface area contributed by atoms with E-state index in [1.54, 1.807) is 0 Å². The Labute approximate surface area is 116 Å². The van der Waals surface area contributed by atoms with Crippen molar-refractivity contribution in [2.75, 3.05) is 5.32 Å². The third-order valence-corrected chi connectivity index (χ3v) is 3.42. The molecule has 1 N–H and O–H groups in total. The fraction of sp³-hybridized carbons (Fsp3) is 0.200. The molecule has 17 heavy (non-hydrogen) atoms. The normalized spacial score (nSPS) is 12.2. The van der Waals surface area contributed by atoms with Gasteiger partial charge in [-0.1, -0.05) is 35.9 Å². The SMILES string of the molecule is Cc1cccc(C(C)Nc2cccc(I)c2)c1. The zero-order valence-electron chi connectivity index (χ0n) is 10.1. The molecule has 0 amide bonds. The lowest BCUT2D eigenvalue weighted by Crippen LogP contribution is -2.06. The van der Waals surface area contributed by atoms with Gasteiger partial charge in [-0.3, -0.25) is 0 Å². The van der Waals surface area contributed by atoms with E-state index in [-0.39, 0.29) is 0 Å². The summed E-state index contributed by atoms with van der Waals surface area (Å²) in [6, 6.07) is 17.4. The van der Waals surface area contributed by atoms with Gasteiger partial charge < -0.3 is 5.32 Å². The van der Waals surface area contributed by atoms with Gasteiger partial charge in [0.15, 0.2) is 0 Å². The predicted octanol–water partition coefficient (Wildman–Crippen LogP) is 4.77. The summed E-state index contributed by atoms with van der Waals surface area (Å²) in [6.45, 7) is 4.32. The van der Waals surface area contributed by atoms with Crippen LogP contribution >= 0.6 is 22.6 Å². The van der Waals surface area contributed by atoms with Gasteiger partial charge in [-0.15, -0.1) is 0 Å². The van der Waals surface area contributed by atoms with Crippen LogP contribution in [0.25, 0.3) is 0 Å². The molecule has 0 aliphatic rings. The fourth-order valence-electron chi connectivity index (χ4n) is 1.85. The van der Waals surface area contributed by atoms with Crippen molar-refractivity contribution in [3.8, 4) is 0 Å². The van der Waals surface area contributed by atoms with Crippen LogP contribution in [-0.2, 0) is 0 Å². The van der Waals surface area contributed by atoms with Crippen LogP contribution in [0.2, 0.25) is 0 Å². The minimum absolute atomic E-state index is 0.327. The third kappa shape index (κ3) is 3.46. The highest BCUT2D eigenvalue weighted by Gasteiger charge is 2.05. The van der Waals surface area contributed by atoms with Gasteiger partial charge in [0.1, 0.15) is 0 Å². The summed E-state index contributed by atoms with van der Waals surface area (Å²) < 4.78 is 1.25. The molecular formula is C15H16IN. The van der Waals surface area contributed by atoms with E-state index in [1.165, 1.54) is 20.4 Å². The maximum atomic E-state index is 3.52. The summed E-state index contributed by atoms with van der Waals surface area (Å²) in [5, 5.41) is 3.52. The predicted molar refractivity (Wildman–Crippen MR) is 82.4 cm³/mol. The zero-order valence-corrected chi connectivity index (χ0v) is 12.2. The molecule has 0 radical (unpaired) electrons. The molecule has 1 unspecified atom stereocenters. The summed E-state index contributed by atoms with van der Waals surface area (Å²) in [6.07, 6.45) is 0. The standard InChI is InChI=1S/C15H16IN/c1-11-5-3-6-13(9-11)12(2)17-15-8-4-7-14(16)10-15/h3-10,12,17H,1-2H3. The summed E-state index contributed by atoms with van der Waals surface area (Å²) in [4.78, 5) is 0. The molecular weight excluding hydrogens is 321 g/mol. The first-order valence-electron chi connectivity index (χ1n) is 5.74. The van der Waals surface area contributed by atoms with Crippen LogP contribution in [0.4, 0.5) is 5.69 Å². The van der Waals surface area contributed by atoms with Crippen molar-refractivity contribution in [3.05, 3.63) is 63.2 Å². The van der Waals surface area contributed by atoms with Gasteiger partial charge in [0, 0.05) is 15.3 Å². The molecule has 0 bridgehead atoms. The van der Waals surface area contributed by atoms with Gasteiger partial charge >= 0.3 is 0 Å². The number of hydrogen-bond acceptors (Lipinski definition) is 1. The molecule has 1 atom stereocenters. The van der Waals surface area contributed by atoms with Crippen molar-refractivity contribution >= 4 is 28.3 Å². The first-order valence-corrected chi connectivity index (χ1v) is 6.82. The Morgan fingerprint density at radius 3 is 2.53 bits per heavy atom. The molecule has 88 valence electrons. The second-order valence-electron chi connectivity index (χ2n) is 4.29. The average Bonchev–Trinajstić information content (AvgIpc) is 2.29. The highest BCUT2D eigenvalue weighted by molar-refractivity contribution is 14.1. The number of benzene rings is 2. The van der Waals surface area contributed by atoms with E-state index in [0.717, 1.165) is 0 Å². The van der Waals surface area contributed by atoms with Crippen LogP contribution in [0.1, 0.15) is 24.1 Å². The number of rotatable bonds is 3. The van der Waals surface area contributed by atoms with Gasteiger partial charge in [0.25, 0.3) is 0 Å². The summed E-state index contributed by atoms with van der Waals surface area (Å²) in [7, 11) is 0. The highest BCUT2D eigenvalue weighted by atomic mass is 127. The second-order valence-corrected chi connectivity index (χ2v) is 5.54. The first-order chi connectivity index (χ1) is 8.15. The Bertz CT molecular complexity index is 508. The summed E-state index contributed by atoms with van der Waals surface area (Å²) >= 11 is 2.33. The van der Waals surface area contributed by atoms with Crippen molar-refractivity contribution < 1.29 is 0 Å². The Morgan fingerprint density at radius 1 is 1.06 bits per heavy atom. The van der Waals surface area contributed by atoms with E-state index in [9.17, 15) is 0 Å². The molecule has 0 aliphatic heterocycles. The Balaban J connectivity index is 2.14. The van der Waals surface area contributed by atoms with Crippen molar-refractivity contribution in [3.63, 3.8) is 0 Å². The maximum absolute atomic E-state index is 3.52. The van der Waals surface area contributed by atoms with Gasteiger partial charge in [-0.2, -0.15) is 0 Å². The van der Waals surface area contributed by atoms with E-state index in [1.807, 2.05) is 0 Å². The molecule has 0 saturated heterocycles. The monoisotopic (exact) mass is 337 g/mol. The number of aryl methyl sites for hydroxylation is 1. The first kappa shape index (κ1) is 12.4. The molecule has 0 aromatic heterocycles. The number of halogens is 1. The summed E-state index contributed by atoms with van der Waals surface area (Å²) in [5.41, 5.74) is 3.80. The lowest BCUT2D eigenvalue weighted by atomic mass is 10.1. The lowest BCUT2D eigenvalue weighted by molar-refractivity contribution is 0.883. The van der Waals surface area contributed by atoms with Gasteiger partial charge in [0.2, 0.25) is 0 Å². The molecule has 1 nitrogen and oxygen atoms in total. The molecule has 2 aromatic rings. The molecule has 0 saturated carbocycles. The Hall–Kier alpha value is -1.03. The fourth-order valence-corrected chi connectivity index (χ4v) is 2.39. The van der Waals surface area contributed by atoms with Crippen LogP contribution < -0.4 is 5.32 Å². The largest absolute Gasteiger partial charge is 0.378 e. The van der Waals surface area contributed by atoms with E-state index in [4.69, 9.17) is 0 Å². The number of hydrogen-bond donors (Lipinski definition) is 1. The Morgan fingerprint density at radius 2 is 1.82 bits per heavy atom. The van der Waals surface area contributed by atoms with Crippen molar-refractivity contribution in [2.24, 2.45) is 0 Å². The topological polar surface area (TPSA) is 12.0 Å². The maximum Gasteiger partial charge on any atom is 0.0485 e. The smallest absolute Gasteiger partial charge is 0.0485 e. The van der Waals surface area contributed by atoms with E-state index < -0.39 is 0 Å². The Kier molecular flexibility index (Phi) is 4.05. The number of nitrogens with one attached hydrogen (secondary N) is 1. The van der Waals surface area contributed by atoms with E-state index in [2.05, 4.69) is 90.3 Å². The molecule has 2 rings (SSSR count). The van der Waals surface area contributed by atoms with E-state index in [0.29, 0.717) is 6.04 Å². The van der Waals surface area contributed by atoms with Crippen LogP contribution in [-0.4, -0.2) is 0 Å². The summed E-state index contributed by atoms with van der Waals surface area (Å²) in [5.74, 6) is 0. The average molecular weight is 337 g/mol. The molecule has 2 aromatic carbocycles. The minimum atomic E-state index is 0.327. The van der Waals surface area contributed by atoms with Crippen LogP contribution in [0, 0.1) is 10.5 Å². The number of anilines is 1. The van der Waals surface area contributed by atoms with Crippen molar-refractivity contribution in [1.82, 2.24) is 0 Å². The quantitative estimate of drug-likeness (QED) is 0.796. The van der Waals surface area contributed by atoms with Crippen LogP contribution in [0.5, 0.6) is 0 Å². The second kappa shape index (κ2) is 5.54.